The molecule has 0 unspecified atom stereocenters. The van der Waals surface area contributed by atoms with Crippen LogP contribution in [0.5, 0.6) is 0 Å². The molecule has 24 heavy (non-hydrogen) atoms. The molecule has 0 saturated carbocycles. The van der Waals surface area contributed by atoms with Gasteiger partial charge in [0.05, 0.1) is 18.0 Å². The largest absolute Gasteiger partial charge is 0.477 e. The number of sulfone groups is 1. The van der Waals surface area contributed by atoms with Gasteiger partial charge in [0.25, 0.3) is 0 Å². The van der Waals surface area contributed by atoms with E-state index in [4.69, 9.17) is 23.2 Å². The number of aryl methyl sites for hydroxylation is 1. The lowest BCUT2D eigenvalue weighted by molar-refractivity contribution is 0.0684. The Morgan fingerprint density at radius 1 is 1.33 bits per heavy atom. The maximum Gasteiger partial charge on any atom is 0.354 e. The molecule has 2 rings (SSSR count). The summed E-state index contributed by atoms with van der Waals surface area (Å²) in [6.07, 6.45) is 0.397. The van der Waals surface area contributed by atoms with Crippen molar-refractivity contribution in [3.05, 3.63) is 45.2 Å². The van der Waals surface area contributed by atoms with Crippen LogP contribution in [0, 0.1) is 6.92 Å². The van der Waals surface area contributed by atoms with Crippen LogP contribution in [-0.2, 0) is 16.4 Å². The first-order valence-corrected chi connectivity index (χ1v) is 9.55. The first kappa shape index (κ1) is 18.8. The number of rotatable bonds is 6. The Labute approximate surface area is 150 Å². The number of aromatic carboxylic acids is 1. The lowest BCUT2D eigenvalue weighted by Crippen LogP contribution is -2.18. The molecule has 2 aromatic rings. The van der Waals surface area contributed by atoms with Crippen molar-refractivity contribution in [1.29, 1.82) is 0 Å². The second-order valence-corrected chi connectivity index (χ2v) is 8.12. The van der Waals surface area contributed by atoms with E-state index in [1.807, 2.05) is 0 Å². The van der Waals surface area contributed by atoms with Gasteiger partial charge in [-0.1, -0.05) is 30.1 Å². The zero-order valence-corrected chi connectivity index (χ0v) is 15.4. The molecule has 1 aromatic carbocycles. The van der Waals surface area contributed by atoms with Gasteiger partial charge in [-0.05, 0) is 37.1 Å². The lowest BCUT2D eigenvalue weighted by Gasteiger charge is -2.12. The van der Waals surface area contributed by atoms with Crippen LogP contribution in [-0.4, -0.2) is 34.8 Å². The minimum atomic E-state index is -3.71. The summed E-state index contributed by atoms with van der Waals surface area (Å²) in [5.41, 5.74) is 0.466. The summed E-state index contributed by atoms with van der Waals surface area (Å²) in [5, 5.41) is 9.95. The third-order valence-electron chi connectivity index (χ3n) is 3.40. The number of aromatic nitrogens is 2. The number of benzene rings is 1. The number of carboxylic acid groups (broad SMARTS) is 1. The van der Waals surface area contributed by atoms with Gasteiger partial charge in [-0.25, -0.2) is 18.2 Å². The van der Waals surface area contributed by atoms with Crippen LogP contribution in [0.3, 0.4) is 0 Å². The predicted octanol–water partition coefficient (Wildman–Crippen LogP) is 3.43. The Morgan fingerprint density at radius 2 is 2.00 bits per heavy atom. The molecule has 0 fully saturated rings. The van der Waals surface area contributed by atoms with Crippen molar-refractivity contribution in [2.24, 2.45) is 0 Å². The molecular weight excluding hydrogens is 375 g/mol. The van der Waals surface area contributed by atoms with Crippen LogP contribution in [0.1, 0.15) is 35.1 Å². The smallest absolute Gasteiger partial charge is 0.354 e. The highest BCUT2D eigenvalue weighted by Crippen LogP contribution is 2.25. The van der Waals surface area contributed by atoms with Gasteiger partial charge >= 0.3 is 5.97 Å². The van der Waals surface area contributed by atoms with E-state index in [1.54, 1.807) is 25.1 Å². The Morgan fingerprint density at radius 3 is 2.58 bits per heavy atom. The van der Waals surface area contributed by atoms with Crippen molar-refractivity contribution in [2.45, 2.75) is 32.0 Å². The van der Waals surface area contributed by atoms with Crippen LogP contribution < -0.4 is 0 Å². The molecule has 1 aromatic heterocycles. The van der Waals surface area contributed by atoms with E-state index in [2.05, 4.69) is 4.98 Å². The van der Waals surface area contributed by atoms with Gasteiger partial charge in [-0.2, -0.15) is 0 Å². The quantitative estimate of drug-likeness (QED) is 0.815. The van der Waals surface area contributed by atoms with Crippen LogP contribution in [0.15, 0.2) is 23.4 Å². The van der Waals surface area contributed by atoms with Gasteiger partial charge in [0.15, 0.2) is 5.69 Å². The monoisotopic (exact) mass is 390 g/mol. The van der Waals surface area contributed by atoms with Gasteiger partial charge in [0, 0.05) is 10.0 Å². The maximum atomic E-state index is 12.4. The van der Waals surface area contributed by atoms with Gasteiger partial charge < -0.3 is 9.67 Å². The first-order chi connectivity index (χ1) is 11.2. The van der Waals surface area contributed by atoms with Crippen molar-refractivity contribution in [3.63, 3.8) is 0 Å². The highest BCUT2D eigenvalue weighted by Gasteiger charge is 2.28. The average molecular weight is 391 g/mol. The highest BCUT2D eigenvalue weighted by molar-refractivity contribution is 7.91. The number of hydrogen-bond donors (Lipinski definition) is 1. The minimum Gasteiger partial charge on any atom is -0.477 e. The molecule has 6 nitrogen and oxygen atoms in total. The summed E-state index contributed by atoms with van der Waals surface area (Å²) < 4.78 is 26.1. The summed E-state index contributed by atoms with van der Waals surface area (Å²) >= 11 is 12.1. The third kappa shape index (κ3) is 3.74. The number of halogens is 2. The Hall–Kier alpha value is -1.57. The zero-order chi connectivity index (χ0) is 18.1. The molecule has 130 valence electrons. The molecule has 9 heteroatoms. The van der Waals surface area contributed by atoms with Gasteiger partial charge in [-0.15, -0.1) is 0 Å². The highest BCUT2D eigenvalue weighted by atomic mass is 35.5. The molecule has 1 N–H and O–H groups in total. The molecule has 0 aliphatic heterocycles. The number of carbonyl (C=O) groups is 1. The summed E-state index contributed by atoms with van der Waals surface area (Å²) in [5.74, 6) is -1.37. The maximum absolute atomic E-state index is 12.4. The van der Waals surface area contributed by atoms with Crippen molar-refractivity contribution < 1.29 is 18.3 Å². The Kier molecular flexibility index (Phi) is 5.57. The van der Waals surface area contributed by atoms with Crippen LogP contribution in [0.25, 0.3) is 0 Å². The molecule has 1 heterocycles. The van der Waals surface area contributed by atoms with Crippen LogP contribution >= 0.6 is 23.2 Å². The number of hydrogen-bond acceptors (Lipinski definition) is 4. The van der Waals surface area contributed by atoms with Gasteiger partial charge in [0.2, 0.25) is 15.0 Å². The van der Waals surface area contributed by atoms with Crippen molar-refractivity contribution >= 4 is 39.0 Å². The molecular formula is C15H16Cl2N2O4S. The van der Waals surface area contributed by atoms with Crippen LogP contribution in [0.2, 0.25) is 10.0 Å². The third-order valence-corrected chi connectivity index (χ3v) is 5.81. The van der Waals surface area contributed by atoms with E-state index in [0.29, 0.717) is 22.0 Å². The van der Waals surface area contributed by atoms with E-state index in [1.165, 1.54) is 11.5 Å². The molecule has 0 saturated heterocycles. The molecule has 0 amide bonds. The first-order valence-electron chi connectivity index (χ1n) is 7.14. The van der Waals surface area contributed by atoms with E-state index >= 15 is 0 Å². The van der Waals surface area contributed by atoms with E-state index in [0.717, 1.165) is 0 Å². The molecule has 0 aliphatic carbocycles. The lowest BCUT2D eigenvalue weighted by atomic mass is 10.2. The Bertz CT molecular complexity index is 891. The normalized spacial score (nSPS) is 11.7. The Balaban J connectivity index is 2.66. The number of imidazole rings is 1. The van der Waals surface area contributed by atoms with E-state index in [9.17, 15) is 18.3 Å². The van der Waals surface area contributed by atoms with Crippen molar-refractivity contribution in [2.75, 3.05) is 5.75 Å². The summed E-state index contributed by atoms with van der Waals surface area (Å²) in [7, 11) is -3.71. The molecule has 0 bridgehead atoms. The fourth-order valence-electron chi connectivity index (χ4n) is 2.40. The van der Waals surface area contributed by atoms with E-state index in [-0.39, 0.29) is 28.8 Å². The van der Waals surface area contributed by atoms with Crippen LogP contribution in [0.4, 0.5) is 0 Å². The van der Waals surface area contributed by atoms with Crippen molar-refractivity contribution in [1.82, 2.24) is 9.55 Å². The summed E-state index contributed by atoms with van der Waals surface area (Å²) in [4.78, 5) is 15.6. The minimum absolute atomic E-state index is 0.0554. The molecule has 0 radical (unpaired) electrons. The molecule has 0 atom stereocenters. The topological polar surface area (TPSA) is 89.3 Å². The standard InChI is InChI=1S/C15H16Cl2N2O4S/c1-3-6-24(22,23)15-18-9(2)13(14(20)21)19(15)8-10-7-11(16)4-5-12(10)17/h4-5,7H,3,6,8H2,1-2H3,(H,20,21). The van der Waals surface area contributed by atoms with Crippen molar-refractivity contribution in [3.8, 4) is 0 Å². The van der Waals surface area contributed by atoms with Gasteiger partial charge in [0.1, 0.15) is 0 Å². The second-order valence-electron chi connectivity index (χ2n) is 5.27. The molecule has 0 spiro atoms. The summed E-state index contributed by atoms with van der Waals surface area (Å²) in [6, 6.07) is 4.74. The van der Waals surface area contributed by atoms with Gasteiger partial charge in [-0.3, -0.25) is 0 Å². The SMILES string of the molecule is CCCS(=O)(=O)c1nc(C)c(C(=O)O)n1Cc1cc(Cl)ccc1Cl. The zero-order valence-electron chi connectivity index (χ0n) is 13.1. The second kappa shape index (κ2) is 7.13. The summed E-state index contributed by atoms with van der Waals surface area (Å²) in [6.45, 7) is 3.13. The predicted molar refractivity (Wildman–Crippen MR) is 91.8 cm³/mol. The average Bonchev–Trinajstić information content (AvgIpc) is 2.80. The number of carboxylic acids is 1. The van der Waals surface area contributed by atoms with E-state index < -0.39 is 15.8 Å². The molecule has 0 aliphatic rings. The number of nitrogens with zero attached hydrogens (tertiary/aromatic N) is 2. The fraction of sp³-hybridized carbons (Fsp3) is 0.333. The fourth-order valence-corrected chi connectivity index (χ4v) is 4.26.